The number of aryl methyl sites for hydroxylation is 2. The molecule has 2 heteroatoms. The largest absolute Gasteiger partial charge is 0.310 e. The van der Waals surface area contributed by atoms with Gasteiger partial charge in [0.05, 0.1) is 11.4 Å². The maximum atomic E-state index is 2.37. The zero-order valence-corrected chi connectivity index (χ0v) is 27.2. The van der Waals surface area contributed by atoms with E-state index in [-0.39, 0.29) is 0 Å². The smallest absolute Gasteiger partial charge is 0.0540 e. The van der Waals surface area contributed by atoms with E-state index >= 15 is 0 Å². The molecular weight excluding hydrogens is 581 g/mol. The summed E-state index contributed by atoms with van der Waals surface area (Å²) in [6, 6.07) is 65.7. The lowest BCUT2D eigenvalue weighted by molar-refractivity contribution is 1.28. The Hall–Kier alpha value is -6.12. The summed E-state index contributed by atoms with van der Waals surface area (Å²) in [5.74, 6) is 0. The second-order valence-electron chi connectivity index (χ2n) is 12.4. The Balaban J connectivity index is 1.33. The minimum atomic E-state index is 1.13. The molecular formula is C46H36N2. The lowest BCUT2D eigenvalue weighted by Crippen LogP contribution is -2.11. The molecule has 0 aromatic heterocycles. The van der Waals surface area contributed by atoms with Crippen LogP contribution in [0.2, 0.25) is 0 Å². The van der Waals surface area contributed by atoms with Crippen LogP contribution in [0.25, 0.3) is 32.7 Å². The summed E-state index contributed by atoms with van der Waals surface area (Å²) < 4.78 is 0. The highest BCUT2D eigenvalue weighted by Gasteiger charge is 2.20. The van der Waals surface area contributed by atoms with Gasteiger partial charge in [0.25, 0.3) is 0 Å². The molecule has 0 bridgehead atoms. The quantitative estimate of drug-likeness (QED) is 0.176. The Morgan fingerprint density at radius 2 is 0.646 bits per heavy atom. The standard InChI is InChI=1S/C46H36N2/c1-33-15-13-21-37(31-33)47(35-17-5-3-6-18-35)45-29-27-41(39-23-9-11-25-43(39)45)42-28-30-46(44-26-12-10-24-40(42)44)48(36-19-7-4-8-20-36)38-22-14-16-34(2)32-38/h3-32H,1-2H3. The lowest BCUT2D eigenvalue weighted by Gasteiger charge is -2.29. The van der Waals surface area contributed by atoms with Crippen LogP contribution >= 0.6 is 0 Å². The van der Waals surface area contributed by atoms with Gasteiger partial charge >= 0.3 is 0 Å². The number of hydrogen-bond donors (Lipinski definition) is 0. The molecule has 0 aliphatic carbocycles. The molecule has 2 nitrogen and oxygen atoms in total. The molecule has 0 N–H and O–H groups in total. The van der Waals surface area contributed by atoms with Gasteiger partial charge in [0.15, 0.2) is 0 Å². The average Bonchev–Trinajstić information content (AvgIpc) is 3.13. The van der Waals surface area contributed by atoms with E-state index in [0.717, 1.165) is 34.1 Å². The van der Waals surface area contributed by atoms with Crippen molar-refractivity contribution in [1.29, 1.82) is 0 Å². The number of anilines is 6. The van der Waals surface area contributed by atoms with Gasteiger partial charge in [-0.3, -0.25) is 0 Å². The Morgan fingerprint density at radius 1 is 0.292 bits per heavy atom. The molecule has 48 heavy (non-hydrogen) atoms. The van der Waals surface area contributed by atoms with E-state index < -0.39 is 0 Å². The van der Waals surface area contributed by atoms with Gasteiger partial charge in [0.1, 0.15) is 0 Å². The zero-order chi connectivity index (χ0) is 32.5. The summed E-state index contributed by atoms with van der Waals surface area (Å²) in [4.78, 5) is 4.75. The summed E-state index contributed by atoms with van der Waals surface area (Å²) in [6.07, 6.45) is 0. The molecule has 0 spiro atoms. The van der Waals surface area contributed by atoms with Crippen LogP contribution in [0, 0.1) is 13.8 Å². The number of benzene rings is 8. The monoisotopic (exact) mass is 616 g/mol. The maximum absolute atomic E-state index is 2.37. The van der Waals surface area contributed by atoms with Crippen LogP contribution in [-0.2, 0) is 0 Å². The second kappa shape index (κ2) is 12.6. The van der Waals surface area contributed by atoms with Gasteiger partial charge in [0, 0.05) is 33.5 Å². The molecule has 0 radical (unpaired) electrons. The molecule has 0 aliphatic heterocycles. The molecule has 0 amide bonds. The summed E-state index contributed by atoms with van der Waals surface area (Å²) in [5.41, 5.74) is 11.8. The molecule has 8 rings (SSSR count). The van der Waals surface area contributed by atoms with Crippen molar-refractivity contribution < 1.29 is 0 Å². The summed E-state index contributed by atoms with van der Waals surface area (Å²) in [7, 11) is 0. The molecule has 0 fully saturated rings. The molecule has 0 saturated heterocycles. The van der Waals surface area contributed by atoms with Crippen molar-refractivity contribution in [2.75, 3.05) is 9.80 Å². The van der Waals surface area contributed by atoms with Crippen molar-refractivity contribution in [3.05, 3.63) is 193 Å². The fraction of sp³-hybridized carbons (Fsp3) is 0.0435. The first-order valence-corrected chi connectivity index (χ1v) is 16.5. The van der Waals surface area contributed by atoms with Crippen molar-refractivity contribution in [3.63, 3.8) is 0 Å². The third kappa shape index (κ3) is 5.38. The highest BCUT2D eigenvalue weighted by Crippen LogP contribution is 2.46. The van der Waals surface area contributed by atoms with Crippen molar-refractivity contribution in [1.82, 2.24) is 0 Å². The zero-order valence-electron chi connectivity index (χ0n) is 27.2. The van der Waals surface area contributed by atoms with E-state index in [1.807, 2.05) is 0 Å². The topological polar surface area (TPSA) is 6.48 Å². The van der Waals surface area contributed by atoms with Crippen molar-refractivity contribution >= 4 is 55.7 Å². The second-order valence-corrected chi connectivity index (χ2v) is 12.4. The number of para-hydroxylation sites is 2. The maximum Gasteiger partial charge on any atom is 0.0540 e. The predicted octanol–water partition coefficient (Wildman–Crippen LogP) is 13.2. The van der Waals surface area contributed by atoms with Crippen LogP contribution in [-0.4, -0.2) is 0 Å². The SMILES string of the molecule is Cc1cccc(N(c2ccccc2)c2ccc(-c3ccc(N(c4ccccc4)c4cccc(C)c4)c4ccccc34)c3ccccc23)c1. The number of fused-ring (bicyclic) bond motifs is 2. The highest BCUT2D eigenvalue weighted by atomic mass is 15.1. The minimum Gasteiger partial charge on any atom is -0.310 e. The Labute approximate surface area is 282 Å². The van der Waals surface area contributed by atoms with Crippen molar-refractivity contribution in [2.24, 2.45) is 0 Å². The molecule has 0 aliphatic rings. The van der Waals surface area contributed by atoms with Gasteiger partial charge in [-0.15, -0.1) is 0 Å². The summed E-state index contributed by atoms with van der Waals surface area (Å²) in [5, 5.41) is 4.86. The fourth-order valence-electron chi connectivity index (χ4n) is 6.97. The van der Waals surface area contributed by atoms with Crippen LogP contribution < -0.4 is 9.80 Å². The Bertz CT molecular complexity index is 2210. The molecule has 8 aromatic carbocycles. The third-order valence-electron chi connectivity index (χ3n) is 9.12. The van der Waals surface area contributed by atoms with Gasteiger partial charge in [-0.25, -0.2) is 0 Å². The van der Waals surface area contributed by atoms with Gasteiger partial charge in [-0.2, -0.15) is 0 Å². The molecule has 0 saturated carbocycles. The highest BCUT2D eigenvalue weighted by molar-refractivity contribution is 6.13. The number of nitrogens with zero attached hydrogens (tertiary/aromatic N) is 2. The van der Waals surface area contributed by atoms with Crippen LogP contribution in [0.5, 0.6) is 0 Å². The predicted molar refractivity (Wildman–Crippen MR) is 206 cm³/mol. The van der Waals surface area contributed by atoms with Crippen LogP contribution in [0.15, 0.2) is 182 Å². The van der Waals surface area contributed by atoms with Gasteiger partial charge in [-0.1, -0.05) is 121 Å². The van der Waals surface area contributed by atoms with Gasteiger partial charge in [-0.05, 0) is 108 Å². The van der Waals surface area contributed by atoms with E-state index in [0.29, 0.717) is 0 Å². The minimum absolute atomic E-state index is 1.13. The summed E-state index contributed by atoms with van der Waals surface area (Å²) >= 11 is 0. The molecule has 0 atom stereocenters. The van der Waals surface area contributed by atoms with E-state index in [1.165, 1.54) is 43.8 Å². The fourth-order valence-corrected chi connectivity index (χ4v) is 6.97. The average molecular weight is 617 g/mol. The van der Waals surface area contributed by atoms with Crippen LogP contribution in [0.4, 0.5) is 34.1 Å². The van der Waals surface area contributed by atoms with Crippen molar-refractivity contribution in [3.8, 4) is 11.1 Å². The third-order valence-corrected chi connectivity index (χ3v) is 9.12. The Morgan fingerprint density at radius 3 is 1.04 bits per heavy atom. The lowest BCUT2D eigenvalue weighted by atomic mass is 9.92. The molecule has 230 valence electrons. The number of rotatable bonds is 7. The van der Waals surface area contributed by atoms with E-state index in [1.54, 1.807) is 0 Å². The van der Waals surface area contributed by atoms with Crippen molar-refractivity contribution in [2.45, 2.75) is 13.8 Å². The van der Waals surface area contributed by atoms with E-state index in [9.17, 15) is 0 Å². The Kier molecular flexibility index (Phi) is 7.68. The first-order chi connectivity index (χ1) is 23.7. The molecule has 0 heterocycles. The van der Waals surface area contributed by atoms with Gasteiger partial charge < -0.3 is 9.80 Å². The normalized spacial score (nSPS) is 11.1. The molecule has 0 unspecified atom stereocenters. The van der Waals surface area contributed by atoms with E-state index in [2.05, 4.69) is 206 Å². The van der Waals surface area contributed by atoms with Crippen LogP contribution in [0.1, 0.15) is 11.1 Å². The van der Waals surface area contributed by atoms with Crippen LogP contribution in [0.3, 0.4) is 0 Å². The first-order valence-electron chi connectivity index (χ1n) is 16.5. The summed E-state index contributed by atoms with van der Waals surface area (Å²) in [6.45, 7) is 4.31. The van der Waals surface area contributed by atoms with E-state index in [4.69, 9.17) is 0 Å². The van der Waals surface area contributed by atoms with Gasteiger partial charge in [0.2, 0.25) is 0 Å². The first kappa shape index (κ1) is 29.3. The molecule has 8 aromatic rings. The number of hydrogen-bond acceptors (Lipinski definition) is 2.